The average Bonchev–Trinajstić information content (AvgIpc) is 2.54. The first-order valence-electron chi connectivity index (χ1n) is 7.29. The first-order valence-corrected chi connectivity index (χ1v) is 7.29. The normalized spacial score (nSPS) is 10.4. The third-order valence-corrected chi connectivity index (χ3v) is 3.51. The molecule has 0 unspecified atom stereocenters. The molecule has 3 heteroatoms. The smallest absolute Gasteiger partial charge is 0.161 e. The van der Waals surface area contributed by atoms with Gasteiger partial charge in [-0.3, -0.25) is 0 Å². The lowest BCUT2D eigenvalue weighted by molar-refractivity contribution is 0.283. The maximum absolute atomic E-state index is 5.95. The zero-order chi connectivity index (χ0) is 15.1. The first kappa shape index (κ1) is 15.4. The number of methoxy groups -OCH3 is 1. The van der Waals surface area contributed by atoms with Crippen LogP contribution >= 0.6 is 0 Å². The minimum atomic E-state index is 0.541. The zero-order valence-corrected chi connectivity index (χ0v) is 13.0. The predicted octanol–water partition coefficient (Wildman–Crippen LogP) is 3.56. The van der Waals surface area contributed by atoms with E-state index < -0.39 is 0 Å². The van der Waals surface area contributed by atoms with Crippen LogP contribution in [0.25, 0.3) is 0 Å². The van der Waals surface area contributed by atoms with Gasteiger partial charge in [0.1, 0.15) is 6.61 Å². The summed E-state index contributed by atoms with van der Waals surface area (Å²) in [7, 11) is 3.63. The lowest BCUT2D eigenvalue weighted by Crippen LogP contribution is -2.09. The highest BCUT2D eigenvalue weighted by Gasteiger charge is 2.07. The van der Waals surface area contributed by atoms with Crippen molar-refractivity contribution >= 4 is 0 Å². The number of benzene rings is 2. The molecule has 2 aromatic carbocycles. The summed E-state index contributed by atoms with van der Waals surface area (Å²) in [6.45, 7) is 3.51. The lowest BCUT2D eigenvalue weighted by atomic mass is 10.1. The highest BCUT2D eigenvalue weighted by atomic mass is 16.5. The van der Waals surface area contributed by atoms with E-state index in [2.05, 4.69) is 30.4 Å². The largest absolute Gasteiger partial charge is 0.493 e. The van der Waals surface area contributed by atoms with E-state index >= 15 is 0 Å². The average molecular weight is 285 g/mol. The first-order chi connectivity index (χ1) is 10.3. The zero-order valence-electron chi connectivity index (χ0n) is 13.0. The quantitative estimate of drug-likeness (QED) is 0.844. The number of ether oxygens (including phenoxy) is 2. The van der Waals surface area contributed by atoms with Gasteiger partial charge in [0.15, 0.2) is 11.5 Å². The van der Waals surface area contributed by atoms with Crippen molar-refractivity contribution in [2.24, 2.45) is 0 Å². The predicted molar refractivity (Wildman–Crippen MR) is 85.9 cm³/mol. The van der Waals surface area contributed by atoms with Crippen molar-refractivity contribution in [2.75, 3.05) is 14.2 Å². The summed E-state index contributed by atoms with van der Waals surface area (Å²) >= 11 is 0. The molecule has 0 aromatic heterocycles. The molecule has 0 heterocycles. The fourth-order valence-electron chi connectivity index (χ4n) is 2.27. The van der Waals surface area contributed by atoms with Crippen LogP contribution in [0.5, 0.6) is 11.5 Å². The van der Waals surface area contributed by atoms with Gasteiger partial charge in [-0.05, 0) is 42.3 Å². The molecule has 0 atom stereocenters. The molecule has 1 N–H and O–H groups in total. The number of hydrogen-bond donors (Lipinski definition) is 1. The molecule has 0 aliphatic heterocycles. The second-order valence-corrected chi connectivity index (χ2v) is 4.93. The molecular formula is C18H23NO2. The summed E-state index contributed by atoms with van der Waals surface area (Å²) in [4.78, 5) is 0. The van der Waals surface area contributed by atoms with Crippen molar-refractivity contribution in [3.63, 3.8) is 0 Å². The molecular weight excluding hydrogens is 262 g/mol. The number of aryl methyl sites for hydroxylation is 1. The Bertz CT molecular complexity index is 581. The third kappa shape index (κ3) is 3.99. The molecule has 3 nitrogen and oxygen atoms in total. The van der Waals surface area contributed by atoms with Gasteiger partial charge in [-0.1, -0.05) is 37.3 Å². The van der Waals surface area contributed by atoms with Crippen LogP contribution in [0, 0.1) is 0 Å². The molecule has 0 radical (unpaired) electrons. The number of hydrogen-bond acceptors (Lipinski definition) is 3. The SMILES string of the molecule is CCc1ccc(OCc2ccccc2CNC)c(OC)c1. The Balaban J connectivity index is 2.13. The van der Waals surface area contributed by atoms with E-state index in [-0.39, 0.29) is 0 Å². The fourth-order valence-corrected chi connectivity index (χ4v) is 2.27. The van der Waals surface area contributed by atoms with Gasteiger partial charge in [-0.2, -0.15) is 0 Å². The van der Waals surface area contributed by atoms with E-state index in [9.17, 15) is 0 Å². The van der Waals surface area contributed by atoms with Crippen LogP contribution in [0.2, 0.25) is 0 Å². The summed E-state index contributed by atoms with van der Waals surface area (Å²) < 4.78 is 11.4. The molecule has 2 aromatic rings. The van der Waals surface area contributed by atoms with Gasteiger partial charge < -0.3 is 14.8 Å². The summed E-state index contributed by atoms with van der Waals surface area (Å²) in [5, 5.41) is 3.18. The van der Waals surface area contributed by atoms with Gasteiger partial charge in [-0.25, -0.2) is 0 Å². The molecule has 2 rings (SSSR count). The molecule has 21 heavy (non-hydrogen) atoms. The summed E-state index contributed by atoms with van der Waals surface area (Å²) in [5.74, 6) is 1.58. The second kappa shape index (κ2) is 7.70. The third-order valence-electron chi connectivity index (χ3n) is 3.51. The van der Waals surface area contributed by atoms with E-state index in [4.69, 9.17) is 9.47 Å². The Morgan fingerprint density at radius 3 is 2.43 bits per heavy atom. The van der Waals surface area contributed by atoms with Gasteiger partial charge in [0.05, 0.1) is 7.11 Å². The Morgan fingerprint density at radius 1 is 1.00 bits per heavy atom. The molecule has 0 fully saturated rings. The van der Waals surface area contributed by atoms with Gasteiger partial charge in [-0.15, -0.1) is 0 Å². The van der Waals surface area contributed by atoms with Crippen LogP contribution in [-0.4, -0.2) is 14.2 Å². The van der Waals surface area contributed by atoms with E-state index in [0.29, 0.717) is 6.61 Å². The Kier molecular flexibility index (Phi) is 5.64. The van der Waals surface area contributed by atoms with Crippen LogP contribution in [0.1, 0.15) is 23.6 Å². The molecule has 112 valence electrons. The summed E-state index contributed by atoms with van der Waals surface area (Å²) in [6.07, 6.45) is 0.988. The van der Waals surface area contributed by atoms with E-state index in [1.54, 1.807) is 7.11 Å². The van der Waals surface area contributed by atoms with Crippen molar-refractivity contribution in [3.8, 4) is 11.5 Å². The van der Waals surface area contributed by atoms with Crippen molar-refractivity contribution in [1.29, 1.82) is 0 Å². The van der Waals surface area contributed by atoms with Gasteiger partial charge in [0.25, 0.3) is 0 Å². The Labute approximate surface area is 126 Å². The number of nitrogens with one attached hydrogen (secondary N) is 1. The fraction of sp³-hybridized carbons (Fsp3) is 0.333. The topological polar surface area (TPSA) is 30.5 Å². The minimum Gasteiger partial charge on any atom is -0.493 e. The Morgan fingerprint density at radius 2 is 1.76 bits per heavy atom. The Hall–Kier alpha value is -2.00. The minimum absolute atomic E-state index is 0.541. The maximum Gasteiger partial charge on any atom is 0.161 e. The van der Waals surface area contributed by atoms with Crippen LogP contribution < -0.4 is 14.8 Å². The monoisotopic (exact) mass is 285 g/mol. The standard InChI is InChI=1S/C18H23NO2/c1-4-14-9-10-17(18(11-14)20-3)21-13-16-8-6-5-7-15(16)12-19-2/h5-11,19H,4,12-13H2,1-3H3. The van der Waals surface area contributed by atoms with Crippen molar-refractivity contribution in [3.05, 3.63) is 59.2 Å². The molecule has 0 bridgehead atoms. The van der Waals surface area contributed by atoms with Crippen molar-refractivity contribution in [2.45, 2.75) is 26.5 Å². The van der Waals surface area contributed by atoms with E-state index in [0.717, 1.165) is 24.5 Å². The highest BCUT2D eigenvalue weighted by molar-refractivity contribution is 5.43. The molecule has 0 amide bonds. The maximum atomic E-state index is 5.95. The summed E-state index contributed by atoms with van der Waals surface area (Å²) in [6, 6.07) is 14.4. The second-order valence-electron chi connectivity index (χ2n) is 4.93. The van der Waals surface area contributed by atoms with Crippen LogP contribution in [0.4, 0.5) is 0 Å². The number of rotatable bonds is 7. The molecule has 0 spiro atoms. The van der Waals surface area contributed by atoms with Crippen LogP contribution in [0.3, 0.4) is 0 Å². The molecule has 0 saturated heterocycles. The molecule has 0 aliphatic rings. The highest BCUT2D eigenvalue weighted by Crippen LogP contribution is 2.29. The van der Waals surface area contributed by atoms with Gasteiger partial charge >= 0.3 is 0 Å². The summed E-state index contributed by atoms with van der Waals surface area (Å²) in [5.41, 5.74) is 3.69. The lowest BCUT2D eigenvalue weighted by Gasteiger charge is -2.14. The molecule has 0 aliphatic carbocycles. The van der Waals surface area contributed by atoms with Gasteiger partial charge in [0, 0.05) is 6.54 Å². The van der Waals surface area contributed by atoms with E-state index in [1.807, 2.05) is 31.3 Å². The van der Waals surface area contributed by atoms with Crippen molar-refractivity contribution < 1.29 is 9.47 Å². The van der Waals surface area contributed by atoms with E-state index in [1.165, 1.54) is 16.7 Å². The van der Waals surface area contributed by atoms with Crippen LogP contribution in [-0.2, 0) is 19.6 Å². The molecule has 0 saturated carbocycles. The van der Waals surface area contributed by atoms with Crippen molar-refractivity contribution in [1.82, 2.24) is 5.32 Å². The van der Waals surface area contributed by atoms with Crippen LogP contribution in [0.15, 0.2) is 42.5 Å². The van der Waals surface area contributed by atoms with Gasteiger partial charge in [0.2, 0.25) is 0 Å².